The summed E-state index contributed by atoms with van der Waals surface area (Å²) in [6, 6.07) is 13.9. The van der Waals surface area contributed by atoms with E-state index in [1.54, 1.807) is 61.5 Å². The molecule has 0 unspecified atom stereocenters. The number of carbonyl (C=O) groups excluding carboxylic acids is 2. The molecule has 0 saturated carbocycles. The summed E-state index contributed by atoms with van der Waals surface area (Å²) in [4.78, 5) is 23.8. The molecule has 0 heterocycles. The molecule has 0 atom stereocenters. The predicted molar refractivity (Wildman–Crippen MR) is 99.2 cm³/mol. The Labute approximate surface area is 152 Å². The lowest BCUT2D eigenvalue weighted by Crippen LogP contribution is -2.02. The number of carbonyl (C=O) groups is 2. The highest BCUT2D eigenvalue weighted by atomic mass is 16.5. The average molecular weight is 354 g/mol. The molecule has 0 fully saturated rings. The summed E-state index contributed by atoms with van der Waals surface area (Å²) in [5.74, 6) is 0.177. The van der Waals surface area contributed by atoms with Crippen molar-refractivity contribution in [2.24, 2.45) is 0 Å². The molecule has 0 amide bonds. The molecule has 5 heteroatoms. The fraction of sp³-hybridized carbons (Fsp3) is 0.238. The molecule has 2 aromatic rings. The summed E-state index contributed by atoms with van der Waals surface area (Å²) in [6.45, 7) is 2.61. The van der Waals surface area contributed by atoms with Crippen LogP contribution in [0.1, 0.15) is 34.8 Å². The van der Waals surface area contributed by atoms with E-state index in [1.165, 1.54) is 6.08 Å². The lowest BCUT2D eigenvalue weighted by Gasteiger charge is -2.06. The van der Waals surface area contributed by atoms with Gasteiger partial charge in [-0.2, -0.15) is 0 Å². The van der Waals surface area contributed by atoms with Gasteiger partial charge in [-0.3, -0.25) is 4.79 Å². The standard InChI is InChI=1S/C21H22O5/c1-2-25-20(23)13-6-16-4-7-17(8-5-16)21(24)18-9-11-19(12-10-18)26-15-3-14-22/h4-13,22H,2-3,14-15H2,1H3/b13-6+. The Morgan fingerprint density at radius 3 is 2.19 bits per heavy atom. The summed E-state index contributed by atoms with van der Waals surface area (Å²) in [6.07, 6.45) is 3.57. The van der Waals surface area contributed by atoms with E-state index in [0.717, 1.165) is 5.56 Å². The van der Waals surface area contributed by atoms with Crippen molar-refractivity contribution in [3.63, 3.8) is 0 Å². The minimum absolute atomic E-state index is 0.0849. The normalized spacial score (nSPS) is 10.7. The Balaban J connectivity index is 1.99. The monoisotopic (exact) mass is 354 g/mol. The van der Waals surface area contributed by atoms with Crippen LogP contribution in [-0.2, 0) is 9.53 Å². The Hall–Kier alpha value is -2.92. The SMILES string of the molecule is CCOC(=O)/C=C/c1ccc(C(=O)c2ccc(OCCCO)cc2)cc1. The largest absolute Gasteiger partial charge is 0.494 e. The third-order valence-corrected chi connectivity index (χ3v) is 3.56. The number of benzene rings is 2. The molecule has 2 aromatic carbocycles. The number of esters is 1. The number of ketones is 1. The Kier molecular flexibility index (Phi) is 7.58. The quantitative estimate of drug-likeness (QED) is 0.324. The highest BCUT2D eigenvalue weighted by Crippen LogP contribution is 2.16. The second kappa shape index (κ2) is 10.2. The van der Waals surface area contributed by atoms with Gasteiger partial charge in [-0.15, -0.1) is 0 Å². The van der Waals surface area contributed by atoms with Crippen molar-refractivity contribution in [1.82, 2.24) is 0 Å². The van der Waals surface area contributed by atoms with Crippen molar-refractivity contribution in [3.05, 3.63) is 71.3 Å². The smallest absolute Gasteiger partial charge is 0.330 e. The molecule has 0 radical (unpaired) electrons. The fourth-order valence-electron chi connectivity index (χ4n) is 2.22. The number of hydrogen-bond donors (Lipinski definition) is 1. The zero-order valence-corrected chi connectivity index (χ0v) is 14.7. The summed E-state index contributed by atoms with van der Waals surface area (Å²) in [5, 5.41) is 8.74. The molecular formula is C21H22O5. The van der Waals surface area contributed by atoms with Crippen molar-refractivity contribution in [1.29, 1.82) is 0 Å². The number of ether oxygens (including phenoxy) is 2. The molecule has 0 aromatic heterocycles. The molecule has 2 rings (SSSR count). The first-order valence-corrected chi connectivity index (χ1v) is 8.47. The van der Waals surface area contributed by atoms with E-state index in [1.807, 2.05) is 0 Å². The van der Waals surface area contributed by atoms with Crippen LogP contribution in [0, 0.1) is 0 Å². The predicted octanol–water partition coefficient (Wildman–Crippen LogP) is 3.26. The maximum atomic E-state index is 12.5. The number of hydrogen-bond acceptors (Lipinski definition) is 5. The van der Waals surface area contributed by atoms with Crippen molar-refractivity contribution in [2.75, 3.05) is 19.8 Å². The van der Waals surface area contributed by atoms with Crippen LogP contribution in [0.2, 0.25) is 0 Å². The van der Waals surface area contributed by atoms with Gasteiger partial charge in [-0.25, -0.2) is 4.79 Å². The zero-order valence-electron chi connectivity index (χ0n) is 14.7. The lowest BCUT2D eigenvalue weighted by molar-refractivity contribution is -0.137. The van der Waals surface area contributed by atoms with E-state index in [-0.39, 0.29) is 12.4 Å². The van der Waals surface area contributed by atoms with E-state index in [0.29, 0.717) is 36.5 Å². The minimum Gasteiger partial charge on any atom is -0.494 e. The van der Waals surface area contributed by atoms with Crippen LogP contribution < -0.4 is 4.74 Å². The maximum absolute atomic E-state index is 12.5. The highest BCUT2D eigenvalue weighted by molar-refractivity contribution is 6.09. The summed E-state index contributed by atoms with van der Waals surface area (Å²) >= 11 is 0. The van der Waals surface area contributed by atoms with E-state index in [2.05, 4.69) is 0 Å². The second-order valence-corrected chi connectivity index (χ2v) is 5.49. The van der Waals surface area contributed by atoms with Crippen molar-refractivity contribution < 1.29 is 24.2 Å². The average Bonchev–Trinajstić information content (AvgIpc) is 2.67. The van der Waals surface area contributed by atoms with Crippen LogP contribution in [0.15, 0.2) is 54.6 Å². The third kappa shape index (κ3) is 5.86. The lowest BCUT2D eigenvalue weighted by atomic mass is 10.0. The van der Waals surface area contributed by atoms with Crippen LogP contribution in [-0.4, -0.2) is 36.7 Å². The molecule has 0 saturated heterocycles. The molecule has 1 N–H and O–H groups in total. The van der Waals surface area contributed by atoms with Gasteiger partial charge in [0.05, 0.1) is 13.2 Å². The first-order valence-electron chi connectivity index (χ1n) is 8.47. The summed E-state index contributed by atoms with van der Waals surface area (Å²) in [5.41, 5.74) is 1.93. The Morgan fingerprint density at radius 2 is 1.62 bits per heavy atom. The van der Waals surface area contributed by atoms with Gasteiger partial charge in [0.1, 0.15) is 5.75 Å². The zero-order chi connectivity index (χ0) is 18.8. The second-order valence-electron chi connectivity index (χ2n) is 5.49. The maximum Gasteiger partial charge on any atom is 0.330 e. The van der Waals surface area contributed by atoms with Gasteiger partial charge in [0.15, 0.2) is 5.78 Å². The molecule has 136 valence electrons. The number of aliphatic hydroxyl groups is 1. The van der Waals surface area contributed by atoms with Gasteiger partial charge in [-0.1, -0.05) is 24.3 Å². The van der Waals surface area contributed by atoms with Crippen LogP contribution in [0.4, 0.5) is 0 Å². The topological polar surface area (TPSA) is 72.8 Å². The van der Waals surface area contributed by atoms with Gasteiger partial charge in [0.2, 0.25) is 0 Å². The molecule has 0 spiro atoms. The van der Waals surface area contributed by atoms with Crippen molar-refractivity contribution in [3.8, 4) is 5.75 Å². The van der Waals surface area contributed by atoms with Gasteiger partial charge < -0.3 is 14.6 Å². The molecule has 0 aliphatic rings. The first-order chi connectivity index (χ1) is 12.6. The molecular weight excluding hydrogens is 332 g/mol. The first kappa shape index (κ1) is 19.4. The van der Waals surface area contributed by atoms with E-state index in [4.69, 9.17) is 14.6 Å². The van der Waals surface area contributed by atoms with Gasteiger partial charge >= 0.3 is 5.97 Å². The van der Waals surface area contributed by atoms with Crippen LogP contribution in [0.25, 0.3) is 6.08 Å². The molecule has 0 aliphatic heterocycles. The number of aliphatic hydroxyl groups excluding tert-OH is 1. The fourth-order valence-corrected chi connectivity index (χ4v) is 2.22. The van der Waals surface area contributed by atoms with Gasteiger partial charge in [0, 0.05) is 30.2 Å². The molecule has 5 nitrogen and oxygen atoms in total. The third-order valence-electron chi connectivity index (χ3n) is 3.56. The molecule has 26 heavy (non-hydrogen) atoms. The molecule has 0 bridgehead atoms. The minimum atomic E-state index is -0.394. The van der Waals surface area contributed by atoms with Crippen LogP contribution >= 0.6 is 0 Å². The van der Waals surface area contributed by atoms with Gasteiger partial charge in [-0.05, 0) is 42.8 Å². The summed E-state index contributed by atoms with van der Waals surface area (Å²) < 4.78 is 10.3. The molecule has 0 aliphatic carbocycles. The van der Waals surface area contributed by atoms with Gasteiger partial charge in [0.25, 0.3) is 0 Å². The highest BCUT2D eigenvalue weighted by Gasteiger charge is 2.09. The van der Waals surface area contributed by atoms with Crippen molar-refractivity contribution in [2.45, 2.75) is 13.3 Å². The van der Waals surface area contributed by atoms with E-state index < -0.39 is 5.97 Å². The van der Waals surface area contributed by atoms with Crippen LogP contribution in [0.3, 0.4) is 0 Å². The van der Waals surface area contributed by atoms with E-state index >= 15 is 0 Å². The van der Waals surface area contributed by atoms with E-state index in [9.17, 15) is 9.59 Å². The Morgan fingerprint density at radius 1 is 1.00 bits per heavy atom. The summed E-state index contributed by atoms with van der Waals surface area (Å²) in [7, 11) is 0. The van der Waals surface area contributed by atoms with Crippen molar-refractivity contribution >= 4 is 17.8 Å². The van der Waals surface area contributed by atoms with Crippen LogP contribution in [0.5, 0.6) is 5.75 Å². The Bertz CT molecular complexity index is 745. The number of rotatable bonds is 9.